The van der Waals surface area contributed by atoms with Crippen LogP contribution in [-0.4, -0.2) is 35.2 Å². The van der Waals surface area contributed by atoms with Gasteiger partial charge in [0.15, 0.2) is 0 Å². The van der Waals surface area contributed by atoms with Crippen molar-refractivity contribution in [1.29, 1.82) is 0 Å². The van der Waals surface area contributed by atoms with Crippen molar-refractivity contribution in [3.05, 3.63) is 101 Å². The van der Waals surface area contributed by atoms with Crippen molar-refractivity contribution in [3.8, 4) is 0 Å². The molecular weight excluding hydrogens is 548 g/mol. The summed E-state index contributed by atoms with van der Waals surface area (Å²) in [6, 6.07) is 16.6. The lowest BCUT2D eigenvalue weighted by Crippen LogP contribution is -2.23. The van der Waals surface area contributed by atoms with Gasteiger partial charge in [-0.25, -0.2) is 13.2 Å². The Bertz CT molecular complexity index is 1770. The van der Waals surface area contributed by atoms with E-state index in [9.17, 15) is 30.8 Å². The second-order valence-electron chi connectivity index (χ2n) is 9.46. The third-order valence-corrected chi connectivity index (χ3v) is 8.44. The first kappa shape index (κ1) is 27.3. The number of carbonyl (C=O) groups is 1. The van der Waals surface area contributed by atoms with E-state index in [-0.39, 0.29) is 11.3 Å². The molecule has 0 radical (unpaired) electrons. The fourth-order valence-electron chi connectivity index (χ4n) is 4.79. The minimum atomic E-state index is -5.59. The number of allylic oxidation sites excluding steroid dienone is 1. The van der Waals surface area contributed by atoms with Crippen molar-refractivity contribution in [2.75, 3.05) is 0 Å². The lowest BCUT2D eigenvalue weighted by Gasteiger charge is -2.32. The zero-order valence-corrected chi connectivity index (χ0v) is 21.6. The van der Waals surface area contributed by atoms with Crippen LogP contribution in [0.2, 0.25) is 0 Å². The van der Waals surface area contributed by atoms with E-state index in [0.29, 0.717) is 38.9 Å². The van der Waals surface area contributed by atoms with Crippen molar-refractivity contribution in [2.45, 2.75) is 29.7 Å². The van der Waals surface area contributed by atoms with E-state index < -0.39 is 32.2 Å². The first-order valence-electron chi connectivity index (χ1n) is 12.3. The van der Waals surface area contributed by atoms with Gasteiger partial charge < -0.3 is 5.11 Å². The van der Waals surface area contributed by atoms with Crippen molar-refractivity contribution in [1.82, 2.24) is 10.2 Å². The summed E-state index contributed by atoms with van der Waals surface area (Å²) in [6.45, 7) is 0. The molecule has 0 amide bonds. The number of H-pyrrole nitrogens is 1. The van der Waals surface area contributed by atoms with Gasteiger partial charge in [0.05, 0.1) is 15.8 Å². The molecule has 11 heteroatoms. The maximum Gasteiger partial charge on any atom is 0.501 e. The standard InChI is InChI=1S/C29H22F4N2O4S/c30-28-23-16-21(12-13-24(23)34-35-28)27(19-10-7-17(8-11-19)9-14-25(36)37)26(18-3-1-4-18)20-5-2-6-22(15-20)40(38,39)29(31,32)33/h2,5-16,18H,1,3-4H2,(H,34,35)(H,36,37)/b14-9+,27-26+. The van der Waals surface area contributed by atoms with Gasteiger partial charge in [0.25, 0.3) is 9.84 Å². The molecule has 0 saturated heterocycles. The number of aliphatic carboxylic acids is 1. The monoisotopic (exact) mass is 570 g/mol. The SMILES string of the molecule is O=C(O)/C=C/c1ccc(/C(=C(\c2cccc(S(=O)(=O)C(F)(F)F)c2)C2CCC2)c2ccc3n[nH]c(F)c3c2)cc1. The number of benzene rings is 3. The summed E-state index contributed by atoms with van der Waals surface area (Å²) in [5.41, 5.74) is -1.71. The maximum atomic E-state index is 14.5. The lowest BCUT2D eigenvalue weighted by atomic mass is 9.73. The van der Waals surface area contributed by atoms with Crippen LogP contribution in [0.4, 0.5) is 17.6 Å². The van der Waals surface area contributed by atoms with E-state index in [2.05, 4.69) is 10.2 Å². The van der Waals surface area contributed by atoms with Gasteiger partial charge in [-0.1, -0.05) is 48.9 Å². The molecule has 6 nitrogen and oxygen atoms in total. The normalized spacial score (nSPS) is 15.3. The number of hydrogen-bond acceptors (Lipinski definition) is 4. The second kappa shape index (κ2) is 10.4. The van der Waals surface area contributed by atoms with Crippen LogP contribution in [0.5, 0.6) is 0 Å². The fraction of sp³-hybridized carbons (Fsp3) is 0.172. The summed E-state index contributed by atoms with van der Waals surface area (Å²) >= 11 is 0. The Balaban J connectivity index is 1.78. The summed E-state index contributed by atoms with van der Waals surface area (Å²) < 4.78 is 79.2. The Morgan fingerprint density at radius 2 is 1.68 bits per heavy atom. The quantitative estimate of drug-likeness (QED) is 0.144. The van der Waals surface area contributed by atoms with Crippen molar-refractivity contribution >= 4 is 43.9 Å². The molecule has 40 heavy (non-hydrogen) atoms. The molecule has 3 aromatic carbocycles. The number of nitrogens with zero attached hydrogens (tertiary/aromatic N) is 1. The number of carboxylic acid groups (broad SMARTS) is 1. The summed E-state index contributed by atoms with van der Waals surface area (Å²) in [7, 11) is -5.59. The van der Waals surface area contributed by atoms with Gasteiger partial charge in [-0.3, -0.25) is 5.10 Å². The van der Waals surface area contributed by atoms with E-state index in [0.717, 1.165) is 37.5 Å². The van der Waals surface area contributed by atoms with Crippen LogP contribution in [0.25, 0.3) is 28.1 Å². The van der Waals surface area contributed by atoms with Gasteiger partial charge >= 0.3 is 11.5 Å². The van der Waals surface area contributed by atoms with E-state index in [4.69, 9.17) is 5.11 Å². The molecule has 1 heterocycles. The van der Waals surface area contributed by atoms with Crippen LogP contribution in [-0.2, 0) is 14.6 Å². The number of halogens is 4. The minimum Gasteiger partial charge on any atom is -0.478 e. The zero-order valence-electron chi connectivity index (χ0n) is 20.7. The molecule has 206 valence electrons. The van der Waals surface area contributed by atoms with Gasteiger partial charge in [0.2, 0.25) is 5.95 Å². The molecule has 0 bridgehead atoms. The molecule has 0 atom stereocenters. The highest BCUT2D eigenvalue weighted by Crippen LogP contribution is 2.46. The third kappa shape index (κ3) is 5.16. The van der Waals surface area contributed by atoms with Crippen LogP contribution in [0.3, 0.4) is 0 Å². The summed E-state index contributed by atoms with van der Waals surface area (Å²) in [5, 5.41) is 15.4. The number of carboxylic acids is 1. The molecule has 4 aromatic rings. The number of aromatic nitrogens is 2. The number of nitrogens with one attached hydrogen (secondary N) is 1. The van der Waals surface area contributed by atoms with Crippen molar-refractivity contribution in [3.63, 3.8) is 0 Å². The van der Waals surface area contributed by atoms with Gasteiger partial charge in [0, 0.05) is 6.08 Å². The van der Waals surface area contributed by atoms with Gasteiger partial charge in [-0.15, -0.1) is 0 Å². The van der Waals surface area contributed by atoms with Gasteiger partial charge in [-0.2, -0.15) is 22.7 Å². The predicted molar refractivity (Wildman–Crippen MR) is 142 cm³/mol. The highest BCUT2D eigenvalue weighted by Gasteiger charge is 2.47. The fourth-order valence-corrected chi connectivity index (χ4v) is 5.59. The van der Waals surface area contributed by atoms with E-state index >= 15 is 0 Å². The average molecular weight is 571 g/mol. The van der Waals surface area contributed by atoms with Crippen LogP contribution >= 0.6 is 0 Å². The Labute approximate surface area is 226 Å². The summed E-state index contributed by atoms with van der Waals surface area (Å²) in [5.74, 6) is -1.84. The predicted octanol–water partition coefficient (Wildman–Crippen LogP) is 6.85. The largest absolute Gasteiger partial charge is 0.501 e. The highest BCUT2D eigenvalue weighted by atomic mass is 32.2. The number of aromatic amines is 1. The molecule has 1 aromatic heterocycles. The van der Waals surface area contributed by atoms with Gasteiger partial charge in [0.1, 0.15) is 0 Å². The number of fused-ring (bicyclic) bond motifs is 1. The van der Waals surface area contributed by atoms with Crippen LogP contribution in [0.1, 0.15) is 41.5 Å². The Kier molecular flexibility index (Phi) is 7.09. The Morgan fingerprint density at radius 3 is 2.30 bits per heavy atom. The van der Waals surface area contributed by atoms with E-state index in [1.165, 1.54) is 12.1 Å². The van der Waals surface area contributed by atoms with E-state index in [1.54, 1.807) is 48.5 Å². The average Bonchev–Trinajstić information content (AvgIpc) is 3.26. The molecule has 1 saturated carbocycles. The molecule has 0 aliphatic heterocycles. The molecule has 1 fully saturated rings. The van der Waals surface area contributed by atoms with Gasteiger partial charge in [-0.05, 0) is 82.5 Å². The molecule has 0 unspecified atom stereocenters. The Hall–Kier alpha value is -4.25. The topological polar surface area (TPSA) is 100 Å². The molecule has 0 spiro atoms. The lowest BCUT2D eigenvalue weighted by molar-refractivity contribution is -0.131. The number of alkyl halides is 3. The number of sulfone groups is 1. The molecule has 1 aliphatic carbocycles. The first-order valence-corrected chi connectivity index (χ1v) is 13.8. The maximum absolute atomic E-state index is 14.5. The summed E-state index contributed by atoms with van der Waals surface area (Å²) in [6.07, 6.45) is 4.76. The molecule has 2 N–H and O–H groups in total. The molecule has 1 aliphatic rings. The van der Waals surface area contributed by atoms with Crippen LogP contribution < -0.4 is 0 Å². The van der Waals surface area contributed by atoms with Crippen LogP contribution in [0, 0.1) is 11.9 Å². The smallest absolute Gasteiger partial charge is 0.478 e. The molecular formula is C29H22F4N2O4S. The second-order valence-corrected chi connectivity index (χ2v) is 11.4. The first-order chi connectivity index (χ1) is 19.0. The Morgan fingerprint density at radius 1 is 0.975 bits per heavy atom. The minimum absolute atomic E-state index is 0.0877. The summed E-state index contributed by atoms with van der Waals surface area (Å²) in [4.78, 5) is 10.1. The zero-order chi connectivity index (χ0) is 28.7. The van der Waals surface area contributed by atoms with E-state index in [1.807, 2.05) is 0 Å². The van der Waals surface area contributed by atoms with Crippen molar-refractivity contribution in [2.24, 2.45) is 5.92 Å². The highest BCUT2D eigenvalue weighted by molar-refractivity contribution is 7.92. The number of hydrogen-bond donors (Lipinski definition) is 2. The van der Waals surface area contributed by atoms with Crippen LogP contribution in [0.15, 0.2) is 77.7 Å². The van der Waals surface area contributed by atoms with Crippen molar-refractivity contribution < 1.29 is 35.9 Å². The number of rotatable bonds is 7. The third-order valence-electron chi connectivity index (χ3n) is 6.96. The molecule has 5 rings (SSSR count).